The standard InChI is InChI=1S/C2F6NO4S2.ClHO4.2Li/c3-1(4,5)14(10,11)9-15(12,13)2(6,7)8;2-1(3,4)5;;/h;(H,2,3,4,5);;/q-1;;2*+1/p-1. The van der Waals surface area contributed by atoms with Crippen molar-refractivity contribution in [1.82, 2.24) is 0 Å². The Labute approximate surface area is 144 Å². The van der Waals surface area contributed by atoms with E-state index in [9.17, 15) is 43.2 Å². The maximum atomic E-state index is 11.4. The molecule has 20 heteroatoms. The van der Waals surface area contributed by atoms with Gasteiger partial charge < -0.3 is 4.13 Å². The van der Waals surface area contributed by atoms with Crippen LogP contribution in [0.3, 0.4) is 0 Å². The third-order valence-corrected chi connectivity index (χ3v) is 3.52. The van der Waals surface area contributed by atoms with Gasteiger partial charge >= 0.3 is 48.7 Å². The molecule has 0 heterocycles. The summed E-state index contributed by atoms with van der Waals surface area (Å²) in [5.74, 6) is 0. The van der Waals surface area contributed by atoms with Gasteiger partial charge in [0, 0.05) is 0 Å². The first-order valence-corrected chi connectivity index (χ1v) is 7.31. The number of sulfonamides is 2. The Kier molecular flexibility index (Phi) is 12.9. The van der Waals surface area contributed by atoms with Gasteiger partial charge in [-0.1, -0.05) is 0 Å². The summed E-state index contributed by atoms with van der Waals surface area (Å²) < 4.78 is 143. The quantitative estimate of drug-likeness (QED) is 0.328. The zero-order valence-electron chi connectivity index (χ0n) is 10.2. The van der Waals surface area contributed by atoms with Crippen molar-refractivity contribution in [1.29, 1.82) is 0 Å². The van der Waals surface area contributed by atoms with Gasteiger partial charge in [0.2, 0.25) is 0 Å². The molecule has 0 saturated carbocycles. The molecule has 0 atom stereocenters. The van der Waals surface area contributed by atoms with E-state index < -0.39 is 41.3 Å². The molecule has 0 radical (unpaired) electrons. The Bertz CT molecular complexity index is 474. The first-order chi connectivity index (χ1) is 8.21. The molecule has 0 rings (SSSR count). The number of nitrogens with zero attached hydrogens (tertiary/aromatic N) is 1. The van der Waals surface area contributed by atoms with Crippen LogP contribution < -0.4 is 56.4 Å². The normalized spacial score (nSPS) is 13.2. The van der Waals surface area contributed by atoms with E-state index in [2.05, 4.69) is 0 Å². The number of rotatable bonds is 2. The molecule has 0 spiro atoms. The minimum Gasteiger partial charge on any atom is -0.421 e. The first-order valence-electron chi connectivity index (χ1n) is 3.19. The second-order valence-corrected chi connectivity index (χ2v) is 6.47. The van der Waals surface area contributed by atoms with Gasteiger partial charge in [0.1, 0.15) is 0 Å². The SMILES string of the molecule is O=S(=O)([N-]S(=O)(=O)C(F)(F)F)C(F)(F)F.[Li+].[Li+].[O-][Cl+3]([O-])([O-])[O-]. The Morgan fingerprint density at radius 3 is 0.909 bits per heavy atom. The molecule has 0 saturated heterocycles. The predicted octanol–water partition coefficient (Wildman–Crippen LogP) is -9.69. The van der Waals surface area contributed by atoms with Gasteiger partial charge in [0.05, 0.1) is 0 Å². The van der Waals surface area contributed by atoms with E-state index in [4.69, 9.17) is 18.6 Å². The van der Waals surface area contributed by atoms with Crippen LogP contribution in [0, 0.1) is 10.2 Å². The molecule has 0 aromatic heterocycles. The summed E-state index contributed by atoms with van der Waals surface area (Å²) in [5, 5.41) is 0. The maximum absolute atomic E-state index is 11.4. The molecule has 0 bridgehead atoms. The van der Waals surface area contributed by atoms with E-state index in [1.807, 2.05) is 0 Å². The van der Waals surface area contributed by atoms with Crippen molar-refractivity contribution >= 4 is 20.0 Å². The fourth-order valence-corrected chi connectivity index (χ4v) is 1.92. The molecule has 0 aliphatic carbocycles. The number of hydrogen-bond acceptors (Lipinski definition) is 8. The van der Waals surface area contributed by atoms with Crippen LogP contribution >= 0.6 is 0 Å². The smallest absolute Gasteiger partial charge is 0.421 e. The Morgan fingerprint density at radius 2 is 0.818 bits per heavy atom. The van der Waals surface area contributed by atoms with Gasteiger partial charge in [0.15, 0.2) is 20.0 Å². The summed E-state index contributed by atoms with van der Waals surface area (Å²) in [6.45, 7) is 0. The summed E-state index contributed by atoms with van der Waals surface area (Å²) in [5.41, 5.74) is -12.4. The van der Waals surface area contributed by atoms with Crippen molar-refractivity contribution in [3.63, 3.8) is 0 Å². The molecular formula is C2ClF6Li2NO8S2. The van der Waals surface area contributed by atoms with Crippen molar-refractivity contribution in [2.24, 2.45) is 0 Å². The van der Waals surface area contributed by atoms with Crippen LogP contribution in [0.1, 0.15) is 0 Å². The Balaban J connectivity index is -0.000000201. The van der Waals surface area contributed by atoms with Gasteiger partial charge in [-0.05, 0) is 0 Å². The molecule has 0 N–H and O–H groups in total. The summed E-state index contributed by atoms with van der Waals surface area (Å²) in [7, 11) is -18.4. The predicted molar refractivity (Wildman–Crippen MR) is 33.3 cm³/mol. The average molecular weight is 393 g/mol. The Morgan fingerprint density at radius 1 is 0.682 bits per heavy atom. The molecule has 0 fully saturated rings. The van der Waals surface area contributed by atoms with Gasteiger partial charge in [0.25, 0.3) is 0 Å². The van der Waals surface area contributed by atoms with E-state index in [0.717, 1.165) is 4.13 Å². The van der Waals surface area contributed by atoms with Gasteiger partial charge in [-0.3, -0.25) is 0 Å². The average Bonchev–Trinajstić information content (AvgIpc) is 1.92. The summed E-state index contributed by atoms with van der Waals surface area (Å²) in [4.78, 5) is 0. The largest absolute Gasteiger partial charge is 1.00 e. The van der Waals surface area contributed by atoms with Crippen molar-refractivity contribution in [2.75, 3.05) is 0 Å². The topological polar surface area (TPSA) is 175 Å². The van der Waals surface area contributed by atoms with Crippen molar-refractivity contribution in [2.45, 2.75) is 11.0 Å². The van der Waals surface area contributed by atoms with E-state index in [1.54, 1.807) is 0 Å². The number of halogens is 7. The molecule has 124 valence electrons. The zero-order valence-corrected chi connectivity index (χ0v) is 12.6. The van der Waals surface area contributed by atoms with Crippen LogP contribution in [-0.2, 0) is 20.0 Å². The second-order valence-electron chi connectivity index (χ2n) is 2.29. The second kappa shape index (κ2) is 9.30. The molecule has 22 heavy (non-hydrogen) atoms. The number of hydrogen-bond donors (Lipinski definition) is 0. The van der Waals surface area contributed by atoms with Gasteiger partial charge in [-0.2, -0.15) is 26.3 Å². The van der Waals surface area contributed by atoms with Crippen molar-refractivity contribution < 1.29 is 110 Å². The summed E-state index contributed by atoms with van der Waals surface area (Å²) in [6, 6.07) is 0. The summed E-state index contributed by atoms with van der Waals surface area (Å²) >= 11 is 0. The van der Waals surface area contributed by atoms with Crippen LogP contribution in [0.15, 0.2) is 0 Å². The van der Waals surface area contributed by atoms with E-state index >= 15 is 0 Å². The minimum absolute atomic E-state index is 0. The van der Waals surface area contributed by atoms with Crippen molar-refractivity contribution in [3.05, 3.63) is 4.13 Å². The minimum atomic E-state index is -6.72. The summed E-state index contributed by atoms with van der Waals surface area (Å²) in [6.07, 6.45) is 0. The van der Waals surface area contributed by atoms with Crippen LogP contribution in [0.2, 0.25) is 0 Å². The monoisotopic (exact) mass is 393 g/mol. The van der Waals surface area contributed by atoms with E-state index in [1.165, 1.54) is 0 Å². The molecule has 0 amide bonds. The number of alkyl halides is 6. The van der Waals surface area contributed by atoms with Crippen LogP contribution in [0.4, 0.5) is 26.3 Å². The third kappa shape index (κ3) is 13.2. The Hall–Kier alpha value is 0.765. The molecule has 9 nitrogen and oxygen atoms in total. The molecule has 0 aromatic rings. The fourth-order valence-electron chi connectivity index (χ4n) is 0.214. The molecule has 0 aromatic carbocycles. The van der Waals surface area contributed by atoms with Gasteiger partial charge in [-0.25, -0.2) is 35.5 Å². The molecule has 0 unspecified atom stereocenters. The van der Waals surface area contributed by atoms with Crippen LogP contribution in [-0.4, -0.2) is 27.9 Å². The third-order valence-electron chi connectivity index (χ3n) is 0.781. The van der Waals surface area contributed by atoms with Gasteiger partial charge in [-0.15, -0.1) is 10.2 Å². The van der Waals surface area contributed by atoms with Crippen LogP contribution in [0.25, 0.3) is 4.13 Å². The molecule has 0 aliphatic heterocycles. The molecule has 0 aliphatic rings. The fraction of sp³-hybridized carbons (Fsp3) is 1.00. The van der Waals surface area contributed by atoms with E-state index in [0.29, 0.717) is 0 Å². The first kappa shape index (κ1) is 30.6. The van der Waals surface area contributed by atoms with Crippen LogP contribution in [0.5, 0.6) is 0 Å². The van der Waals surface area contributed by atoms with Crippen molar-refractivity contribution in [3.8, 4) is 0 Å². The maximum Gasteiger partial charge on any atom is 1.00 e. The molecular weight excluding hydrogens is 393 g/mol. The van der Waals surface area contributed by atoms with E-state index in [-0.39, 0.29) is 37.7 Å². The zero-order chi connectivity index (χ0) is 17.2.